The lowest BCUT2D eigenvalue weighted by Gasteiger charge is -2.42. The minimum atomic E-state index is -1.72. The van der Waals surface area contributed by atoms with Crippen LogP contribution in [0.4, 0.5) is 0 Å². The van der Waals surface area contributed by atoms with E-state index in [0.717, 1.165) is 64.2 Å². The van der Waals surface area contributed by atoms with Crippen molar-refractivity contribution in [3.63, 3.8) is 0 Å². The molecule has 0 bridgehead atoms. The minimum absolute atomic E-state index is 0.0262. The van der Waals surface area contributed by atoms with Crippen LogP contribution in [-0.4, -0.2) is 142 Å². The summed E-state index contributed by atoms with van der Waals surface area (Å²) in [6, 6.07) is 0. The molecular weight excluding hydrogens is 933 g/mol. The van der Waals surface area contributed by atoms with Crippen molar-refractivity contribution in [2.24, 2.45) is 0 Å². The van der Waals surface area contributed by atoms with E-state index >= 15 is 0 Å². The molecule has 2 rings (SSSR count). The van der Waals surface area contributed by atoms with Crippen molar-refractivity contribution in [2.45, 2.75) is 248 Å². The molecule has 2 aliphatic rings. The van der Waals surface area contributed by atoms with Crippen molar-refractivity contribution in [3.05, 3.63) is 85.1 Å². The summed E-state index contributed by atoms with van der Waals surface area (Å²) >= 11 is 0. The highest BCUT2D eigenvalue weighted by molar-refractivity contribution is 5.69. The first-order valence-electron chi connectivity index (χ1n) is 28.2. The zero-order chi connectivity index (χ0) is 53.0. The Bertz CT molecular complexity index is 1530. The molecule has 2 heterocycles. The van der Waals surface area contributed by atoms with Crippen molar-refractivity contribution in [1.82, 2.24) is 0 Å². The summed E-state index contributed by atoms with van der Waals surface area (Å²) in [5, 5.41) is 72.2. The number of hydrogen-bond donors (Lipinski definition) is 7. The van der Waals surface area contributed by atoms with E-state index in [9.17, 15) is 40.5 Å². The normalized spacial score (nSPS) is 25.6. The molecule has 14 nitrogen and oxygen atoms in total. The van der Waals surface area contributed by atoms with E-state index in [-0.39, 0.29) is 19.6 Å². The van der Waals surface area contributed by atoms with Gasteiger partial charge in [-0.15, -0.1) is 0 Å². The van der Waals surface area contributed by atoms with E-state index in [1.54, 1.807) is 0 Å². The summed E-state index contributed by atoms with van der Waals surface area (Å²) in [5.74, 6) is -0.459. The van der Waals surface area contributed by atoms with E-state index in [2.05, 4.69) is 86.8 Å². The number of esters is 1. The van der Waals surface area contributed by atoms with Crippen molar-refractivity contribution >= 4 is 5.97 Å². The Kier molecular flexibility index (Phi) is 41.2. The van der Waals surface area contributed by atoms with Crippen LogP contribution in [-0.2, 0) is 33.2 Å². The van der Waals surface area contributed by atoms with Crippen LogP contribution in [0.25, 0.3) is 0 Å². The van der Waals surface area contributed by atoms with Gasteiger partial charge in [-0.3, -0.25) is 4.79 Å². The van der Waals surface area contributed by atoms with Gasteiger partial charge in [0, 0.05) is 13.0 Å². The summed E-state index contributed by atoms with van der Waals surface area (Å²) in [6.07, 6.45) is 42.5. The van der Waals surface area contributed by atoms with Gasteiger partial charge >= 0.3 is 5.97 Å². The van der Waals surface area contributed by atoms with E-state index in [1.165, 1.54) is 89.9 Å². The molecule has 14 heteroatoms. The van der Waals surface area contributed by atoms with Crippen LogP contribution in [0.15, 0.2) is 85.1 Å². The van der Waals surface area contributed by atoms with Crippen LogP contribution in [0.3, 0.4) is 0 Å². The quantitative estimate of drug-likeness (QED) is 0.0172. The average molecular weight is 1030 g/mol. The SMILES string of the molecule is CC/C=C\C/C=C\C/C=C\C/C=C\CCC(=O)OC(COCCCCCCCCCCCCC/C=C\C/C=C\C/C=C\CCCCCCC)COC1OC(COC2OC(CO)C(O)C(O)C2O)C(O)C(O)C1O. The molecule has 2 saturated heterocycles. The molecule has 2 fully saturated rings. The van der Waals surface area contributed by atoms with Gasteiger partial charge < -0.3 is 64.2 Å². The second-order valence-corrected chi connectivity index (χ2v) is 19.4. The maximum atomic E-state index is 13.0. The molecule has 0 amide bonds. The molecule has 73 heavy (non-hydrogen) atoms. The van der Waals surface area contributed by atoms with Gasteiger partial charge in [-0.25, -0.2) is 0 Å². The summed E-state index contributed by atoms with van der Waals surface area (Å²) in [4.78, 5) is 13.0. The summed E-state index contributed by atoms with van der Waals surface area (Å²) in [5.41, 5.74) is 0. The lowest BCUT2D eigenvalue weighted by molar-refractivity contribution is -0.332. The highest BCUT2D eigenvalue weighted by atomic mass is 16.7. The molecule has 0 aromatic rings. The average Bonchev–Trinajstić information content (AvgIpc) is 3.39. The zero-order valence-corrected chi connectivity index (χ0v) is 44.8. The maximum Gasteiger partial charge on any atom is 0.306 e. The first-order chi connectivity index (χ1) is 35.6. The number of carbonyl (C=O) groups excluding carboxylic acids is 1. The van der Waals surface area contributed by atoms with Crippen molar-refractivity contribution in [2.75, 3.05) is 33.0 Å². The molecule has 0 saturated carbocycles. The third-order valence-corrected chi connectivity index (χ3v) is 12.9. The number of carbonyl (C=O) groups is 1. The van der Waals surface area contributed by atoms with Gasteiger partial charge in [0.15, 0.2) is 12.6 Å². The number of allylic oxidation sites excluding steroid dienone is 14. The number of unbranched alkanes of at least 4 members (excludes halogenated alkanes) is 16. The van der Waals surface area contributed by atoms with E-state index in [1.807, 2.05) is 12.2 Å². The van der Waals surface area contributed by atoms with Crippen LogP contribution < -0.4 is 0 Å². The molecule has 420 valence electrons. The fraction of sp³-hybridized carbons (Fsp3) is 0.746. The summed E-state index contributed by atoms with van der Waals surface area (Å²) in [7, 11) is 0. The smallest absolute Gasteiger partial charge is 0.306 e. The monoisotopic (exact) mass is 1030 g/mol. The van der Waals surface area contributed by atoms with Crippen LogP contribution in [0.2, 0.25) is 0 Å². The largest absolute Gasteiger partial charge is 0.457 e. The van der Waals surface area contributed by atoms with Crippen LogP contribution >= 0.6 is 0 Å². The zero-order valence-electron chi connectivity index (χ0n) is 44.8. The molecule has 7 N–H and O–H groups in total. The first kappa shape index (κ1) is 66.3. The Balaban J connectivity index is 1.70. The summed E-state index contributed by atoms with van der Waals surface area (Å²) in [6.45, 7) is 3.44. The molecule has 0 spiro atoms. The Hall–Kier alpha value is -2.83. The van der Waals surface area contributed by atoms with Gasteiger partial charge in [0.25, 0.3) is 0 Å². The Morgan fingerprint density at radius 3 is 1.40 bits per heavy atom. The van der Waals surface area contributed by atoms with Gasteiger partial charge in [-0.2, -0.15) is 0 Å². The van der Waals surface area contributed by atoms with Gasteiger partial charge in [0.1, 0.15) is 54.9 Å². The number of aliphatic hydroxyl groups is 7. The first-order valence-corrected chi connectivity index (χ1v) is 28.2. The van der Waals surface area contributed by atoms with Crippen molar-refractivity contribution in [3.8, 4) is 0 Å². The Morgan fingerprint density at radius 2 is 0.890 bits per heavy atom. The number of ether oxygens (including phenoxy) is 6. The fourth-order valence-electron chi connectivity index (χ4n) is 8.36. The van der Waals surface area contributed by atoms with E-state index in [0.29, 0.717) is 13.0 Å². The third-order valence-electron chi connectivity index (χ3n) is 12.9. The van der Waals surface area contributed by atoms with Crippen LogP contribution in [0, 0.1) is 0 Å². The minimum Gasteiger partial charge on any atom is -0.457 e. The molecule has 0 aliphatic carbocycles. The van der Waals surface area contributed by atoms with Gasteiger partial charge in [0.05, 0.1) is 26.4 Å². The second kappa shape index (κ2) is 45.4. The second-order valence-electron chi connectivity index (χ2n) is 19.4. The molecule has 2 aliphatic heterocycles. The number of rotatable bonds is 44. The molecule has 0 aromatic heterocycles. The maximum absolute atomic E-state index is 13.0. The Labute approximate surface area is 439 Å². The fourth-order valence-corrected chi connectivity index (χ4v) is 8.36. The molecule has 11 atom stereocenters. The molecular formula is C59H100O14. The third kappa shape index (κ3) is 32.4. The Morgan fingerprint density at radius 1 is 0.466 bits per heavy atom. The highest BCUT2D eigenvalue weighted by Gasteiger charge is 2.47. The lowest BCUT2D eigenvalue weighted by Crippen LogP contribution is -2.61. The highest BCUT2D eigenvalue weighted by Crippen LogP contribution is 2.26. The molecule has 11 unspecified atom stereocenters. The summed E-state index contributed by atoms with van der Waals surface area (Å²) < 4.78 is 34.2. The topological polar surface area (TPSA) is 214 Å². The van der Waals surface area contributed by atoms with Crippen molar-refractivity contribution in [1.29, 1.82) is 0 Å². The number of hydrogen-bond acceptors (Lipinski definition) is 14. The van der Waals surface area contributed by atoms with Crippen molar-refractivity contribution < 1.29 is 69.0 Å². The predicted molar refractivity (Wildman–Crippen MR) is 288 cm³/mol. The van der Waals surface area contributed by atoms with Crippen LogP contribution in [0.1, 0.15) is 181 Å². The van der Waals surface area contributed by atoms with Gasteiger partial charge in [0.2, 0.25) is 0 Å². The van der Waals surface area contributed by atoms with Gasteiger partial charge in [-0.1, -0.05) is 182 Å². The number of aliphatic hydroxyl groups excluding tert-OH is 7. The van der Waals surface area contributed by atoms with E-state index in [4.69, 9.17) is 28.4 Å². The van der Waals surface area contributed by atoms with E-state index < -0.39 is 86.7 Å². The predicted octanol–water partition coefficient (Wildman–Crippen LogP) is 9.63. The van der Waals surface area contributed by atoms with Gasteiger partial charge in [-0.05, 0) is 77.0 Å². The molecule has 0 radical (unpaired) electrons. The standard InChI is InChI=1S/C59H100O14/c1-3-5-7-9-11-13-15-17-18-19-20-21-22-23-24-25-26-27-28-29-31-33-35-37-39-41-43-68-45-48(71-51(61)42-40-38-36-34-32-30-16-14-12-10-8-6-4-2)46-69-58-57(67)55(65)53(63)50(73-58)47-70-59-56(66)54(64)52(62)49(44-60)72-59/h6,8,12,14-15,17,19-20,22-23,30,32,36,38,48-50,52-60,62-67H,3-5,7,9-11,13,16,18,21,24-29,31,33-35,37,39-47H2,1-2H3/b8-6-,14-12-,17-15-,20-19-,23-22-,32-30-,38-36-. The molecule has 0 aromatic carbocycles. The lowest BCUT2D eigenvalue weighted by atomic mass is 9.98. The van der Waals surface area contributed by atoms with Crippen LogP contribution in [0.5, 0.6) is 0 Å².